The van der Waals surface area contributed by atoms with Crippen molar-refractivity contribution in [3.05, 3.63) is 53.1 Å². The topological polar surface area (TPSA) is 35.6 Å². The molecule has 1 N–H and O–H groups in total. The lowest BCUT2D eigenvalue weighted by Gasteiger charge is -2.36. The number of piperazine rings is 1. The number of rotatable bonds is 5. The Kier molecular flexibility index (Phi) is 6.46. The van der Waals surface area contributed by atoms with Crippen LogP contribution in [0.2, 0.25) is 5.02 Å². The van der Waals surface area contributed by atoms with Crippen molar-refractivity contribution in [1.29, 1.82) is 0 Å². The molecule has 0 radical (unpaired) electrons. The predicted octanol–water partition coefficient (Wildman–Crippen LogP) is 4.13. The Morgan fingerprint density at radius 3 is 2.65 bits per heavy atom. The van der Waals surface area contributed by atoms with Gasteiger partial charge in [0.25, 0.3) is 0 Å². The molecule has 0 atom stereocenters. The number of benzene rings is 2. The second-order valence-electron chi connectivity index (χ2n) is 6.47. The zero-order chi connectivity index (χ0) is 18.5. The minimum absolute atomic E-state index is 0.0376. The van der Waals surface area contributed by atoms with Crippen LogP contribution in [0.25, 0.3) is 0 Å². The first kappa shape index (κ1) is 19.1. The van der Waals surface area contributed by atoms with Gasteiger partial charge in [0.15, 0.2) is 0 Å². The molecule has 3 rings (SSSR count). The monoisotopic (exact) mass is 389 g/mol. The molecular weight excluding hydrogens is 366 g/mol. The first-order valence-corrected chi connectivity index (χ1v) is 10.3. The van der Waals surface area contributed by atoms with Crippen molar-refractivity contribution < 1.29 is 4.79 Å². The zero-order valence-electron chi connectivity index (χ0n) is 15.2. The van der Waals surface area contributed by atoms with Gasteiger partial charge in [0, 0.05) is 47.5 Å². The van der Waals surface area contributed by atoms with Crippen LogP contribution < -0.4 is 10.2 Å². The smallest absolute Gasteiger partial charge is 0.238 e. The van der Waals surface area contributed by atoms with Crippen molar-refractivity contribution in [2.75, 3.05) is 49.2 Å². The summed E-state index contributed by atoms with van der Waals surface area (Å²) < 4.78 is 0. The number of carbonyl (C=O) groups is 1. The van der Waals surface area contributed by atoms with E-state index in [-0.39, 0.29) is 5.91 Å². The SMILES string of the molecule is CSc1cccc(NC(=O)CN2CCN(c3cc(Cl)ccc3C)CC2)c1. The summed E-state index contributed by atoms with van der Waals surface area (Å²) in [4.78, 5) is 18.0. The molecule has 1 aliphatic rings. The van der Waals surface area contributed by atoms with Gasteiger partial charge in [-0.2, -0.15) is 0 Å². The molecule has 0 saturated carbocycles. The highest BCUT2D eigenvalue weighted by Gasteiger charge is 2.20. The molecule has 1 aliphatic heterocycles. The van der Waals surface area contributed by atoms with Gasteiger partial charge in [0.1, 0.15) is 0 Å². The summed E-state index contributed by atoms with van der Waals surface area (Å²) in [6, 6.07) is 13.9. The second kappa shape index (κ2) is 8.80. The number of thioether (sulfide) groups is 1. The largest absolute Gasteiger partial charge is 0.369 e. The fraction of sp³-hybridized carbons (Fsp3) is 0.350. The summed E-state index contributed by atoms with van der Waals surface area (Å²) in [5, 5.41) is 3.76. The molecule has 1 fully saturated rings. The van der Waals surface area contributed by atoms with E-state index >= 15 is 0 Å². The van der Waals surface area contributed by atoms with Gasteiger partial charge in [-0.1, -0.05) is 23.7 Å². The molecule has 0 spiro atoms. The van der Waals surface area contributed by atoms with E-state index in [2.05, 4.69) is 28.1 Å². The average Bonchev–Trinajstić information content (AvgIpc) is 2.64. The number of nitrogens with one attached hydrogen (secondary N) is 1. The van der Waals surface area contributed by atoms with Crippen LogP contribution in [0.15, 0.2) is 47.4 Å². The lowest BCUT2D eigenvalue weighted by molar-refractivity contribution is -0.117. The number of halogens is 1. The number of carbonyl (C=O) groups excluding carboxylic acids is 1. The van der Waals surface area contributed by atoms with Crippen LogP contribution in [0, 0.1) is 6.92 Å². The number of nitrogens with zero attached hydrogens (tertiary/aromatic N) is 2. The summed E-state index contributed by atoms with van der Waals surface area (Å²) in [7, 11) is 0. The quantitative estimate of drug-likeness (QED) is 0.780. The molecule has 6 heteroatoms. The summed E-state index contributed by atoms with van der Waals surface area (Å²) in [6.45, 7) is 6.06. The van der Waals surface area contributed by atoms with Crippen molar-refractivity contribution in [2.24, 2.45) is 0 Å². The van der Waals surface area contributed by atoms with Crippen molar-refractivity contribution in [3.8, 4) is 0 Å². The number of hydrogen-bond acceptors (Lipinski definition) is 4. The van der Waals surface area contributed by atoms with Gasteiger partial charge in [0.2, 0.25) is 5.91 Å². The molecule has 4 nitrogen and oxygen atoms in total. The first-order valence-electron chi connectivity index (χ1n) is 8.72. The third-order valence-electron chi connectivity index (χ3n) is 4.60. The Hall–Kier alpha value is -1.69. The van der Waals surface area contributed by atoms with Gasteiger partial charge in [-0.25, -0.2) is 0 Å². The van der Waals surface area contributed by atoms with Gasteiger partial charge >= 0.3 is 0 Å². The number of aryl methyl sites for hydroxylation is 1. The predicted molar refractivity (Wildman–Crippen MR) is 112 cm³/mol. The maximum atomic E-state index is 12.3. The average molecular weight is 390 g/mol. The van der Waals surface area contributed by atoms with E-state index in [0.717, 1.165) is 41.8 Å². The number of anilines is 2. The van der Waals surface area contributed by atoms with Gasteiger partial charge in [-0.15, -0.1) is 11.8 Å². The standard InChI is InChI=1S/C20H24ClN3OS/c1-15-6-7-16(21)12-19(15)24-10-8-23(9-11-24)14-20(25)22-17-4-3-5-18(13-17)26-2/h3-7,12-13H,8-11,14H2,1-2H3,(H,22,25). The lowest BCUT2D eigenvalue weighted by atomic mass is 10.1. The van der Waals surface area contributed by atoms with Crippen LogP contribution in [0.3, 0.4) is 0 Å². The van der Waals surface area contributed by atoms with E-state index in [0.29, 0.717) is 6.54 Å². The van der Waals surface area contributed by atoms with Gasteiger partial charge in [0.05, 0.1) is 6.54 Å². The molecule has 1 amide bonds. The van der Waals surface area contributed by atoms with Crippen LogP contribution >= 0.6 is 23.4 Å². The van der Waals surface area contributed by atoms with Crippen LogP contribution in [0.1, 0.15) is 5.56 Å². The van der Waals surface area contributed by atoms with Gasteiger partial charge in [-0.3, -0.25) is 9.69 Å². The normalized spacial score (nSPS) is 15.1. The summed E-state index contributed by atoms with van der Waals surface area (Å²) in [6.07, 6.45) is 2.03. The van der Waals surface area contributed by atoms with E-state index in [1.165, 1.54) is 11.3 Å². The highest BCUT2D eigenvalue weighted by Crippen LogP contribution is 2.25. The molecule has 2 aromatic rings. The van der Waals surface area contributed by atoms with Gasteiger partial charge < -0.3 is 10.2 Å². The molecule has 0 bridgehead atoms. The molecule has 1 saturated heterocycles. The molecular formula is C20H24ClN3OS. The molecule has 26 heavy (non-hydrogen) atoms. The Balaban J connectivity index is 1.52. The second-order valence-corrected chi connectivity index (χ2v) is 7.79. The Bertz CT molecular complexity index is 775. The first-order chi connectivity index (χ1) is 12.5. The van der Waals surface area contributed by atoms with E-state index in [1.54, 1.807) is 11.8 Å². The minimum atomic E-state index is 0.0376. The van der Waals surface area contributed by atoms with Crippen molar-refractivity contribution in [1.82, 2.24) is 4.90 Å². The van der Waals surface area contributed by atoms with E-state index in [9.17, 15) is 4.79 Å². The highest BCUT2D eigenvalue weighted by atomic mass is 35.5. The number of hydrogen-bond donors (Lipinski definition) is 1. The van der Waals surface area contributed by atoms with Crippen molar-refractivity contribution in [3.63, 3.8) is 0 Å². The minimum Gasteiger partial charge on any atom is -0.369 e. The summed E-state index contributed by atoms with van der Waals surface area (Å²) >= 11 is 7.81. The Morgan fingerprint density at radius 1 is 1.15 bits per heavy atom. The third-order valence-corrected chi connectivity index (χ3v) is 5.57. The zero-order valence-corrected chi connectivity index (χ0v) is 16.7. The Morgan fingerprint density at radius 2 is 1.92 bits per heavy atom. The van der Waals surface area contributed by atoms with E-state index < -0.39 is 0 Å². The molecule has 0 unspecified atom stereocenters. The molecule has 2 aromatic carbocycles. The molecule has 138 valence electrons. The summed E-state index contributed by atoms with van der Waals surface area (Å²) in [5.41, 5.74) is 3.28. The van der Waals surface area contributed by atoms with Crippen LogP contribution in [0.5, 0.6) is 0 Å². The van der Waals surface area contributed by atoms with E-state index in [4.69, 9.17) is 11.6 Å². The fourth-order valence-electron chi connectivity index (χ4n) is 3.17. The fourth-order valence-corrected chi connectivity index (χ4v) is 3.80. The molecule has 0 aliphatic carbocycles. The van der Waals surface area contributed by atoms with E-state index in [1.807, 2.05) is 42.7 Å². The lowest BCUT2D eigenvalue weighted by Crippen LogP contribution is -2.48. The third kappa shape index (κ3) is 4.93. The maximum Gasteiger partial charge on any atom is 0.238 e. The maximum absolute atomic E-state index is 12.3. The summed E-state index contributed by atoms with van der Waals surface area (Å²) in [5.74, 6) is 0.0376. The van der Waals surface area contributed by atoms with Gasteiger partial charge in [-0.05, 0) is 49.1 Å². The van der Waals surface area contributed by atoms with Crippen LogP contribution in [-0.4, -0.2) is 49.8 Å². The van der Waals surface area contributed by atoms with Crippen LogP contribution in [0.4, 0.5) is 11.4 Å². The van der Waals surface area contributed by atoms with Crippen molar-refractivity contribution >= 4 is 40.6 Å². The molecule has 0 aromatic heterocycles. The highest BCUT2D eigenvalue weighted by molar-refractivity contribution is 7.98. The van der Waals surface area contributed by atoms with Crippen LogP contribution in [-0.2, 0) is 4.79 Å². The molecule has 1 heterocycles. The number of amides is 1. The van der Waals surface area contributed by atoms with Crippen molar-refractivity contribution in [2.45, 2.75) is 11.8 Å². The Labute approximate surface area is 164 Å².